The summed E-state index contributed by atoms with van der Waals surface area (Å²) in [7, 11) is -3.80. The van der Waals surface area contributed by atoms with Gasteiger partial charge in [0.05, 0.1) is 4.90 Å². The van der Waals surface area contributed by atoms with Gasteiger partial charge in [0.25, 0.3) is 0 Å². The Balaban J connectivity index is 2.04. The molecule has 1 unspecified atom stereocenters. The number of nitrogens with zero attached hydrogens (tertiary/aromatic N) is 1. The highest BCUT2D eigenvalue weighted by atomic mass is 32.2. The fraction of sp³-hybridized carbons (Fsp3) is 0.500. The van der Waals surface area contributed by atoms with Crippen LogP contribution in [-0.4, -0.2) is 55.2 Å². The minimum Gasteiger partial charge on any atom is -0.508 e. The third-order valence-electron chi connectivity index (χ3n) is 3.73. The molecule has 8 heteroatoms. The van der Waals surface area contributed by atoms with Crippen LogP contribution in [0.4, 0.5) is 0 Å². The molecule has 0 aliphatic carbocycles. The van der Waals surface area contributed by atoms with Crippen molar-refractivity contribution < 1.29 is 23.4 Å². The van der Waals surface area contributed by atoms with Gasteiger partial charge in [-0.1, -0.05) is 6.42 Å². The highest BCUT2D eigenvalue weighted by Gasteiger charge is 2.28. The highest BCUT2D eigenvalue weighted by Crippen LogP contribution is 2.15. The number of rotatable bonds is 6. The molecule has 3 N–H and O–H groups in total. The molecule has 0 bridgehead atoms. The van der Waals surface area contributed by atoms with Crippen molar-refractivity contribution in [3.63, 3.8) is 0 Å². The van der Waals surface area contributed by atoms with Crippen molar-refractivity contribution in [1.29, 1.82) is 0 Å². The number of phenolic OH excluding ortho intramolecular Hbond substituents is 1. The Morgan fingerprint density at radius 2 is 1.77 bits per heavy atom. The van der Waals surface area contributed by atoms with Gasteiger partial charge in [0.15, 0.2) is 0 Å². The second-order valence-electron chi connectivity index (χ2n) is 5.30. The van der Waals surface area contributed by atoms with Crippen molar-refractivity contribution in [2.24, 2.45) is 0 Å². The molecule has 1 heterocycles. The summed E-state index contributed by atoms with van der Waals surface area (Å²) in [5, 5.41) is 18.5. The molecular formula is C14H20N2O5S. The number of aliphatic carboxylic acids is 1. The second-order valence-corrected chi connectivity index (χ2v) is 7.06. The summed E-state index contributed by atoms with van der Waals surface area (Å²) in [5.74, 6) is -1.06. The van der Waals surface area contributed by atoms with Crippen LogP contribution in [0.25, 0.3) is 0 Å². The number of carboxylic acid groups (broad SMARTS) is 1. The molecule has 1 aliphatic rings. The van der Waals surface area contributed by atoms with Crippen LogP contribution in [0, 0.1) is 0 Å². The van der Waals surface area contributed by atoms with Crippen molar-refractivity contribution in [2.45, 2.75) is 30.2 Å². The van der Waals surface area contributed by atoms with Gasteiger partial charge in [-0.3, -0.25) is 9.69 Å². The van der Waals surface area contributed by atoms with Gasteiger partial charge in [0, 0.05) is 6.54 Å². The van der Waals surface area contributed by atoms with E-state index in [4.69, 9.17) is 0 Å². The summed E-state index contributed by atoms with van der Waals surface area (Å²) in [6.45, 7) is 1.15. The van der Waals surface area contributed by atoms with E-state index in [1.165, 1.54) is 24.3 Å². The number of phenols is 1. The van der Waals surface area contributed by atoms with Crippen molar-refractivity contribution in [2.75, 3.05) is 19.6 Å². The van der Waals surface area contributed by atoms with E-state index >= 15 is 0 Å². The Hall–Kier alpha value is -1.64. The molecule has 0 radical (unpaired) electrons. The number of aromatic hydroxyl groups is 1. The number of piperidine rings is 1. The number of hydrogen-bond donors (Lipinski definition) is 3. The van der Waals surface area contributed by atoms with Gasteiger partial charge >= 0.3 is 5.97 Å². The Kier molecular flexibility index (Phi) is 5.38. The maximum atomic E-state index is 12.1. The number of hydrogen-bond acceptors (Lipinski definition) is 5. The Bertz CT molecular complexity index is 609. The SMILES string of the molecule is O=C(O)C(CNS(=O)(=O)c1ccc(O)cc1)N1CCCCC1. The highest BCUT2D eigenvalue weighted by molar-refractivity contribution is 7.89. The normalized spacial score (nSPS) is 18.0. The summed E-state index contributed by atoms with van der Waals surface area (Å²) in [5.41, 5.74) is 0. The van der Waals surface area contributed by atoms with Crippen molar-refractivity contribution in [3.8, 4) is 5.75 Å². The predicted octanol–water partition coefficient (Wildman–Crippen LogP) is 0.610. The van der Waals surface area contributed by atoms with E-state index in [0.717, 1.165) is 19.3 Å². The van der Waals surface area contributed by atoms with Gasteiger partial charge in [0.1, 0.15) is 11.8 Å². The smallest absolute Gasteiger partial charge is 0.322 e. The largest absolute Gasteiger partial charge is 0.508 e. The standard InChI is InChI=1S/C14H20N2O5S/c17-11-4-6-12(7-5-11)22(20,21)15-10-13(14(18)19)16-8-2-1-3-9-16/h4-7,13,15,17H,1-3,8-10H2,(H,18,19). The minimum absolute atomic E-state index is 0.00640. The number of nitrogens with one attached hydrogen (secondary N) is 1. The topological polar surface area (TPSA) is 107 Å². The molecule has 0 amide bonds. The van der Waals surface area contributed by atoms with E-state index < -0.39 is 22.0 Å². The maximum absolute atomic E-state index is 12.1. The number of likely N-dealkylation sites (tertiary alicyclic amines) is 1. The van der Waals surface area contributed by atoms with Crippen LogP contribution >= 0.6 is 0 Å². The molecule has 1 saturated heterocycles. The first-order valence-electron chi connectivity index (χ1n) is 7.16. The van der Waals surface area contributed by atoms with Crippen LogP contribution < -0.4 is 4.72 Å². The van der Waals surface area contributed by atoms with E-state index in [1.54, 1.807) is 4.90 Å². The molecule has 122 valence electrons. The third-order valence-corrected chi connectivity index (χ3v) is 5.17. The summed E-state index contributed by atoms with van der Waals surface area (Å²) >= 11 is 0. The van der Waals surface area contributed by atoms with Gasteiger partial charge in [0.2, 0.25) is 10.0 Å². The van der Waals surface area contributed by atoms with Gasteiger partial charge in [-0.25, -0.2) is 13.1 Å². The summed E-state index contributed by atoms with van der Waals surface area (Å²) in [4.78, 5) is 13.2. The minimum atomic E-state index is -3.80. The third kappa shape index (κ3) is 4.19. The number of sulfonamides is 1. The fourth-order valence-electron chi connectivity index (χ4n) is 2.50. The molecule has 1 aliphatic heterocycles. The molecule has 1 aromatic carbocycles. The van der Waals surface area contributed by atoms with Gasteiger partial charge in [-0.15, -0.1) is 0 Å². The van der Waals surface area contributed by atoms with Crippen LogP contribution in [0.2, 0.25) is 0 Å². The quantitative estimate of drug-likeness (QED) is 0.706. The molecular weight excluding hydrogens is 308 g/mol. The van der Waals surface area contributed by atoms with Crippen molar-refractivity contribution in [1.82, 2.24) is 9.62 Å². The van der Waals surface area contributed by atoms with Crippen LogP contribution in [0.3, 0.4) is 0 Å². The summed E-state index contributed by atoms with van der Waals surface area (Å²) in [6, 6.07) is 4.22. The van der Waals surface area contributed by atoms with Crippen molar-refractivity contribution >= 4 is 16.0 Å². The maximum Gasteiger partial charge on any atom is 0.322 e. The number of carbonyl (C=O) groups is 1. The first-order valence-corrected chi connectivity index (χ1v) is 8.64. The van der Waals surface area contributed by atoms with E-state index in [0.29, 0.717) is 13.1 Å². The summed E-state index contributed by atoms with van der Waals surface area (Å²) < 4.78 is 26.6. The van der Waals surface area contributed by atoms with Gasteiger partial charge < -0.3 is 10.2 Å². The lowest BCUT2D eigenvalue weighted by Gasteiger charge is -2.31. The molecule has 1 atom stereocenters. The van der Waals surface area contributed by atoms with Gasteiger partial charge in [-0.05, 0) is 50.2 Å². The lowest BCUT2D eigenvalue weighted by Crippen LogP contribution is -2.50. The molecule has 2 rings (SSSR count). The summed E-state index contributed by atoms with van der Waals surface area (Å²) in [6.07, 6.45) is 2.92. The molecule has 0 saturated carbocycles. The lowest BCUT2D eigenvalue weighted by atomic mass is 10.1. The van der Waals surface area contributed by atoms with E-state index in [-0.39, 0.29) is 17.2 Å². The van der Waals surface area contributed by atoms with E-state index in [9.17, 15) is 23.4 Å². The van der Waals surface area contributed by atoms with E-state index in [2.05, 4.69) is 4.72 Å². The van der Waals surface area contributed by atoms with Crippen LogP contribution in [0.1, 0.15) is 19.3 Å². The fourth-order valence-corrected chi connectivity index (χ4v) is 3.54. The zero-order valence-electron chi connectivity index (χ0n) is 12.1. The zero-order chi connectivity index (χ0) is 16.2. The molecule has 7 nitrogen and oxygen atoms in total. The number of benzene rings is 1. The zero-order valence-corrected chi connectivity index (χ0v) is 12.9. The number of carboxylic acids is 1. The Labute approximate surface area is 129 Å². The molecule has 0 spiro atoms. The Morgan fingerprint density at radius 1 is 1.18 bits per heavy atom. The monoisotopic (exact) mass is 328 g/mol. The second kappa shape index (κ2) is 7.08. The predicted molar refractivity (Wildman–Crippen MR) is 80.1 cm³/mol. The van der Waals surface area contributed by atoms with Crippen LogP contribution in [0.15, 0.2) is 29.2 Å². The lowest BCUT2D eigenvalue weighted by molar-refractivity contribution is -0.143. The Morgan fingerprint density at radius 3 is 2.32 bits per heavy atom. The van der Waals surface area contributed by atoms with Crippen molar-refractivity contribution in [3.05, 3.63) is 24.3 Å². The van der Waals surface area contributed by atoms with E-state index in [1.807, 2.05) is 0 Å². The molecule has 22 heavy (non-hydrogen) atoms. The average Bonchev–Trinajstić information content (AvgIpc) is 2.48. The first-order chi connectivity index (χ1) is 10.4. The average molecular weight is 328 g/mol. The molecule has 0 aromatic heterocycles. The van der Waals surface area contributed by atoms with Gasteiger partial charge in [-0.2, -0.15) is 0 Å². The molecule has 1 aromatic rings. The van der Waals surface area contributed by atoms with Crippen LogP contribution in [-0.2, 0) is 14.8 Å². The molecule has 1 fully saturated rings. The first kappa shape index (κ1) is 16.7. The van der Waals surface area contributed by atoms with Crippen LogP contribution in [0.5, 0.6) is 5.75 Å².